The van der Waals surface area contributed by atoms with Crippen molar-refractivity contribution in [3.05, 3.63) is 59.2 Å². The van der Waals surface area contributed by atoms with Crippen molar-refractivity contribution in [1.82, 2.24) is 0 Å². The van der Waals surface area contributed by atoms with E-state index in [1.54, 1.807) is 0 Å². The molecule has 114 valence electrons. The van der Waals surface area contributed by atoms with Crippen molar-refractivity contribution in [3.8, 4) is 0 Å². The number of fused-ring (bicyclic) bond motifs is 1. The number of benzene rings is 2. The third-order valence-electron chi connectivity index (χ3n) is 3.81. The first-order valence-corrected chi connectivity index (χ1v) is 7.45. The summed E-state index contributed by atoms with van der Waals surface area (Å²) in [6.07, 6.45) is 0. The van der Waals surface area contributed by atoms with Gasteiger partial charge in [0.1, 0.15) is 0 Å². The van der Waals surface area contributed by atoms with Crippen LogP contribution < -0.4 is 10.6 Å². The van der Waals surface area contributed by atoms with Gasteiger partial charge in [-0.2, -0.15) is 0 Å². The van der Waals surface area contributed by atoms with Crippen LogP contribution >= 0.6 is 0 Å². The monoisotopic (exact) mass is 296 g/mol. The first kappa shape index (κ1) is 14.6. The van der Waals surface area contributed by atoms with Crippen molar-refractivity contribution in [3.63, 3.8) is 0 Å². The normalized spacial score (nSPS) is 14.3. The number of hydrogen-bond acceptors (Lipinski definition) is 3. The lowest BCUT2D eigenvalue weighted by molar-refractivity contribution is -0.114. The second kappa shape index (κ2) is 6.20. The Morgan fingerprint density at radius 3 is 2.73 bits per heavy atom. The van der Waals surface area contributed by atoms with Crippen molar-refractivity contribution in [1.29, 1.82) is 0 Å². The molecule has 0 spiro atoms. The van der Waals surface area contributed by atoms with Crippen molar-refractivity contribution in [2.45, 2.75) is 33.1 Å². The molecule has 0 bridgehead atoms. The number of hydrogen-bond donors (Lipinski definition) is 2. The fraction of sp³-hybridized carbons (Fsp3) is 0.278. The van der Waals surface area contributed by atoms with Crippen LogP contribution in [0.4, 0.5) is 11.4 Å². The Labute approximate surface area is 130 Å². The molecule has 22 heavy (non-hydrogen) atoms. The Bertz CT molecular complexity index is 697. The first-order valence-electron chi connectivity index (χ1n) is 7.45. The Kier molecular flexibility index (Phi) is 4.11. The molecule has 4 heteroatoms. The highest BCUT2D eigenvalue weighted by Gasteiger charge is 2.12. The maximum atomic E-state index is 11.2. The van der Waals surface area contributed by atoms with E-state index in [4.69, 9.17) is 4.74 Å². The summed E-state index contributed by atoms with van der Waals surface area (Å²) < 4.78 is 5.44. The summed E-state index contributed by atoms with van der Waals surface area (Å²) in [5.41, 5.74) is 5.56. The van der Waals surface area contributed by atoms with E-state index >= 15 is 0 Å². The second-order valence-electron chi connectivity index (χ2n) is 5.65. The number of rotatable bonds is 4. The molecule has 0 saturated heterocycles. The summed E-state index contributed by atoms with van der Waals surface area (Å²) in [7, 11) is 0. The molecule has 0 aliphatic carbocycles. The molecule has 1 aliphatic rings. The average molecular weight is 296 g/mol. The van der Waals surface area contributed by atoms with Crippen LogP contribution in [0, 0.1) is 0 Å². The Morgan fingerprint density at radius 1 is 1.09 bits per heavy atom. The van der Waals surface area contributed by atoms with E-state index in [1.807, 2.05) is 18.2 Å². The highest BCUT2D eigenvalue weighted by molar-refractivity contribution is 5.88. The molecule has 0 saturated carbocycles. The van der Waals surface area contributed by atoms with Gasteiger partial charge in [-0.1, -0.05) is 18.2 Å². The van der Waals surface area contributed by atoms with Gasteiger partial charge in [0.25, 0.3) is 0 Å². The lowest BCUT2D eigenvalue weighted by Gasteiger charge is -2.17. The van der Waals surface area contributed by atoms with E-state index in [2.05, 4.69) is 41.8 Å². The van der Waals surface area contributed by atoms with Gasteiger partial charge in [0.05, 0.1) is 13.2 Å². The zero-order valence-electron chi connectivity index (χ0n) is 12.8. The molecular formula is C18H20N2O2. The van der Waals surface area contributed by atoms with E-state index in [-0.39, 0.29) is 11.9 Å². The molecule has 3 rings (SSSR count). The van der Waals surface area contributed by atoms with Crippen LogP contribution in [0.1, 0.15) is 36.6 Å². The zero-order chi connectivity index (χ0) is 15.5. The Morgan fingerprint density at radius 2 is 1.91 bits per heavy atom. The number of amides is 1. The molecule has 2 aromatic carbocycles. The van der Waals surface area contributed by atoms with Gasteiger partial charge in [0.2, 0.25) is 5.91 Å². The van der Waals surface area contributed by atoms with E-state index < -0.39 is 0 Å². The van der Waals surface area contributed by atoms with Crippen molar-refractivity contribution in [2.24, 2.45) is 0 Å². The molecule has 1 heterocycles. The van der Waals surface area contributed by atoms with Crippen molar-refractivity contribution in [2.75, 3.05) is 10.6 Å². The number of anilines is 2. The number of ether oxygens (including phenoxy) is 1. The second-order valence-corrected chi connectivity index (χ2v) is 5.65. The minimum atomic E-state index is -0.0589. The van der Waals surface area contributed by atoms with Crippen molar-refractivity contribution >= 4 is 17.3 Å². The van der Waals surface area contributed by atoms with Crippen molar-refractivity contribution < 1.29 is 9.53 Å². The predicted molar refractivity (Wildman–Crippen MR) is 87.7 cm³/mol. The van der Waals surface area contributed by atoms with Gasteiger partial charge in [-0.25, -0.2) is 0 Å². The molecule has 0 unspecified atom stereocenters. The van der Waals surface area contributed by atoms with E-state index in [0.717, 1.165) is 16.9 Å². The number of carbonyl (C=O) groups excluding carboxylic acids is 1. The largest absolute Gasteiger partial charge is 0.379 e. The molecule has 1 amide bonds. The van der Waals surface area contributed by atoms with Gasteiger partial charge in [-0.15, -0.1) is 0 Å². The third-order valence-corrected chi connectivity index (χ3v) is 3.81. The third kappa shape index (κ3) is 3.28. The van der Waals surface area contributed by atoms with Crippen LogP contribution in [-0.2, 0) is 22.7 Å². The smallest absolute Gasteiger partial charge is 0.221 e. The zero-order valence-corrected chi connectivity index (χ0v) is 12.8. The summed E-state index contributed by atoms with van der Waals surface area (Å²) >= 11 is 0. The van der Waals surface area contributed by atoms with Gasteiger partial charge >= 0.3 is 0 Å². The topological polar surface area (TPSA) is 50.4 Å². The maximum Gasteiger partial charge on any atom is 0.221 e. The van der Waals surface area contributed by atoms with Crippen LogP contribution in [0.15, 0.2) is 42.5 Å². The summed E-state index contributed by atoms with van der Waals surface area (Å²) in [5.74, 6) is -0.0589. The summed E-state index contributed by atoms with van der Waals surface area (Å²) in [6, 6.07) is 14.4. The van der Waals surface area contributed by atoms with Crippen LogP contribution in [0.25, 0.3) is 0 Å². The molecule has 1 atom stereocenters. The maximum absolute atomic E-state index is 11.2. The molecule has 0 radical (unpaired) electrons. The SMILES string of the molecule is CC(=O)Nc1cccc([C@H](C)Nc2ccc3c(c2)COC3)c1. The first-order chi connectivity index (χ1) is 10.6. The Balaban J connectivity index is 1.74. The highest BCUT2D eigenvalue weighted by atomic mass is 16.5. The molecule has 0 aromatic heterocycles. The van der Waals surface area contributed by atoms with Crippen LogP contribution in [-0.4, -0.2) is 5.91 Å². The summed E-state index contributed by atoms with van der Waals surface area (Å²) in [4.78, 5) is 11.2. The van der Waals surface area contributed by atoms with E-state index in [1.165, 1.54) is 18.1 Å². The standard InChI is InChI=1S/C18H20N2O2/c1-12(14-4-3-5-17(8-14)20-13(2)21)19-18-7-6-15-10-22-11-16(15)9-18/h3-9,12,19H,10-11H2,1-2H3,(H,20,21)/t12-/m0/s1. The van der Waals surface area contributed by atoms with Gasteiger partial charge in [0, 0.05) is 24.3 Å². The average Bonchev–Trinajstić information content (AvgIpc) is 2.94. The summed E-state index contributed by atoms with van der Waals surface area (Å²) in [5, 5.41) is 6.31. The predicted octanol–water partition coefficient (Wildman–Crippen LogP) is 3.85. The molecule has 1 aliphatic heterocycles. The number of nitrogens with one attached hydrogen (secondary N) is 2. The Hall–Kier alpha value is -2.33. The molecule has 2 N–H and O–H groups in total. The molecule has 2 aromatic rings. The fourth-order valence-corrected chi connectivity index (χ4v) is 2.68. The lowest BCUT2D eigenvalue weighted by atomic mass is 10.1. The van der Waals surface area contributed by atoms with Gasteiger partial charge in [-0.3, -0.25) is 4.79 Å². The van der Waals surface area contributed by atoms with Gasteiger partial charge in [-0.05, 0) is 47.9 Å². The quantitative estimate of drug-likeness (QED) is 0.901. The van der Waals surface area contributed by atoms with Crippen LogP contribution in [0.5, 0.6) is 0 Å². The van der Waals surface area contributed by atoms with Crippen LogP contribution in [0.2, 0.25) is 0 Å². The number of carbonyl (C=O) groups is 1. The van der Waals surface area contributed by atoms with Gasteiger partial charge in [0.15, 0.2) is 0 Å². The molecular weight excluding hydrogens is 276 g/mol. The van der Waals surface area contributed by atoms with Crippen LogP contribution in [0.3, 0.4) is 0 Å². The minimum Gasteiger partial charge on any atom is -0.379 e. The van der Waals surface area contributed by atoms with E-state index in [9.17, 15) is 4.79 Å². The van der Waals surface area contributed by atoms with E-state index in [0.29, 0.717) is 13.2 Å². The summed E-state index contributed by atoms with van der Waals surface area (Å²) in [6.45, 7) is 5.03. The highest BCUT2D eigenvalue weighted by Crippen LogP contribution is 2.26. The molecule has 4 nitrogen and oxygen atoms in total. The minimum absolute atomic E-state index is 0.0589. The molecule has 0 fully saturated rings. The fourth-order valence-electron chi connectivity index (χ4n) is 2.68. The van der Waals surface area contributed by atoms with Gasteiger partial charge < -0.3 is 15.4 Å². The lowest BCUT2D eigenvalue weighted by Crippen LogP contribution is -2.09.